The van der Waals surface area contributed by atoms with E-state index >= 15 is 0 Å². The highest BCUT2D eigenvalue weighted by Crippen LogP contribution is 2.15. The molecule has 0 atom stereocenters. The van der Waals surface area contributed by atoms with Crippen molar-refractivity contribution in [3.63, 3.8) is 0 Å². The summed E-state index contributed by atoms with van der Waals surface area (Å²) in [5, 5.41) is 5.60. The number of carbonyl (C=O) groups excluding carboxylic acids is 2. The summed E-state index contributed by atoms with van der Waals surface area (Å²) in [6, 6.07) is 14.8. The van der Waals surface area contributed by atoms with Gasteiger partial charge in [0.1, 0.15) is 0 Å². The van der Waals surface area contributed by atoms with E-state index in [1.54, 1.807) is 0 Å². The predicted octanol–water partition coefficient (Wildman–Crippen LogP) is 3.80. The minimum atomic E-state index is -0.286. The molecule has 2 aromatic rings. The lowest BCUT2D eigenvalue weighted by Gasteiger charge is -2.15. The fourth-order valence-corrected chi connectivity index (χ4v) is 2.98. The van der Waals surface area contributed by atoms with Crippen LogP contribution in [0.15, 0.2) is 48.5 Å². The highest BCUT2D eigenvalue weighted by molar-refractivity contribution is 5.99. The van der Waals surface area contributed by atoms with Crippen molar-refractivity contribution in [3.05, 3.63) is 59.7 Å². The first-order chi connectivity index (χ1) is 12.1. The van der Waals surface area contributed by atoms with Crippen molar-refractivity contribution >= 4 is 23.3 Å². The van der Waals surface area contributed by atoms with Crippen LogP contribution in [0.3, 0.4) is 0 Å². The molecular weight excluding hydrogens is 314 g/mol. The highest BCUT2D eigenvalue weighted by Gasteiger charge is 2.17. The molecule has 25 heavy (non-hydrogen) atoms. The Morgan fingerprint density at radius 1 is 0.960 bits per heavy atom. The van der Waals surface area contributed by atoms with Gasteiger partial charge in [0.2, 0.25) is 5.91 Å². The lowest BCUT2D eigenvalue weighted by atomic mass is 10.1. The Morgan fingerprint density at radius 2 is 1.64 bits per heavy atom. The minimum absolute atomic E-state index is 0.176. The number of benzene rings is 2. The number of rotatable bonds is 4. The van der Waals surface area contributed by atoms with Crippen LogP contribution in [0.2, 0.25) is 0 Å². The molecule has 0 unspecified atom stereocenters. The van der Waals surface area contributed by atoms with E-state index in [1.807, 2.05) is 60.4 Å². The van der Waals surface area contributed by atoms with Crippen molar-refractivity contribution in [1.82, 2.24) is 4.90 Å². The Morgan fingerprint density at radius 3 is 2.32 bits per heavy atom. The number of hydrogen-bond donors (Lipinski definition) is 2. The molecule has 0 saturated carbocycles. The summed E-state index contributed by atoms with van der Waals surface area (Å²) in [5.74, 6) is 0.176. The molecule has 1 fully saturated rings. The Bertz CT molecular complexity index is 750. The monoisotopic (exact) mass is 337 g/mol. The smallest absolute Gasteiger partial charge is 0.323 e. The Labute approximate surface area is 148 Å². The zero-order valence-electron chi connectivity index (χ0n) is 14.4. The van der Waals surface area contributed by atoms with Gasteiger partial charge < -0.3 is 15.5 Å². The highest BCUT2D eigenvalue weighted by atomic mass is 16.2. The molecular formula is C20H23N3O2. The van der Waals surface area contributed by atoms with Crippen LogP contribution in [0.25, 0.3) is 0 Å². The quantitative estimate of drug-likeness (QED) is 0.891. The summed E-state index contributed by atoms with van der Waals surface area (Å²) in [4.78, 5) is 26.1. The number of amides is 3. The molecule has 3 rings (SSSR count). The van der Waals surface area contributed by atoms with Crippen molar-refractivity contribution in [2.75, 3.05) is 23.7 Å². The average molecular weight is 337 g/mol. The standard InChI is InChI=1S/C20H23N3O2/c1-15-5-4-6-18(13-15)22-20(25)21-17-9-7-16(8-10-17)14-19(24)23-11-2-3-12-23/h4-10,13H,2-3,11-12,14H2,1H3,(H2,21,22,25). The van der Waals surface area contributed by atoms with Crippen molar-refractivity contribution in [1.29, 1.82) is 0 Å². The van der Waals surface area contributed by atoms with Gasteiger partial charge >= 0.3 is 6.03 Å². The van der Waals surface area contributed by atoms with Gasteiger partial charge in [-0.3, -0.25) is 4.79 Å². The summed E-state index contributed by atoms with van der Waals surface area (Å²) < 4.78 is 0. The van der Waals surface area contributed by atoms with Crippen molar-refractivity contribution in [2.45, 2.75) is 26.2 Å². The minimum Gasteiger partial charge on any atom is -0.342 e. The van der Waals surface area contributed by atoms with Gasteiger partial charge in [-0.05, 0) is 55.2 Å². The van der Waals surface area contributed by atoms with Crippen LogP contribution >= 0.6 is 0 Å². The van der Waals surface area contributed by atoms with Crippen LogP contribution in [0.4, 0.5) is 16.2 Å². The van der Waals surface area contributed by atoms with Gasteiger partial charge in [-0.2, -0.15) is 0 Å². The summed E-state index contributed by atoms with van der Waals surface area (Å²) >= 11 is 0. The van der Waals surface area contributed by atoms with E-state index in [4.69, 9.17) is 0 Å². The Balaban J connectivity index is 1.53. The first-order valence-electron chi connectivity index (χ1n) is 8.61. The fraction of sp³-hybridized carbons (Fsp3) is 0.300. The Kier molecular flexibility index (Phi) is 5.33. The molecule has 5 nitrogen and oxygen atoms in total. The third-order valence-corrected chi connectivity index (χ3v) is 4.30. The van der Waals surface area contributed by atoms with Crippen LogP contribution < -0.4 is 10.6 Å². The molecule has 0 aromatic heterocycles. The summed E-state index contributed by atoms with van der Waals surface area (Å²) in [6.07, 6.45) is 2.62. The van der Waals surface area contributed by atoms with E-state index in [2.05, 4.69) is 10.6 Å². The normalized spacial score (nSPS) is 13.6. The maximum Gasteiger partial charge on any atom is 0.323 e. The summed E-state index contributed by atoms with van der Waals surface area (Å²) in [5.41, 5.74) is 3.50. The first-order valence-corrected chi connectivity index (χ1v) is 8.61. The van der Waals surface area contributed by atoms with E-state index in [-0.39, 0.29) is 11.9 Å². The molecule has 1 saturated heterocycles. The average Bonchev–Trinajstić information content (AvgIpc) is 3.11. The molecule has 3 amide bonds. The zero-order valence-corrected chi connectivity index (χ0v) is 14.4. The number of likely N-dealkylation sites (tertiary alicyclic amines) is 1. The molecule has 0 spiro atoms. The van der Waals surface area contributed by atoms with Crippen molar-refractivity contribution < 1.29 is 9.59 Å². The molecule has 5 heteroatoms. The number of nitrogens with one attached hydrogen (secondary N) is 2. The number of carbonyl (C=O) groups is 2. The van der Waals surface area contributed by atoms with Crippen molar-refractivity contribution in [3.8, 4) is 0 Å². The first kappa shape index (κ1) is 17.0. The van der Waals surface area contributed by atoms with Gasteiger partial charge in [-0.15, -0.1) is 0 Å². The van der Waals surface area contributed by atoms with Crippen LogP contribution in [0.5, 0.6) is 0 Å². The van der Waals surface area contributed by atoms with E-state index in [1.165, 1.54) is 0 Å². The van der Waals surface area contributed by atoms with Gasteiger partial charge in [0.15, 0.2) is 0 Å². The maximum atomic E-state index is 12.2. The van der Waals surface area contributed by atoms with E-state index in [0.29, 0.717) is 12.1 Å². The molecule has 1 heterocycles. The molecule has 1 aliphatic heterocycles. The van der Waals surface area contributed by atoms with Crippen LogP contribution in [0, 0.1) is 6.92 Å². The third kappa shape index (κ3) is 4.83. The van der Waals surface area contributed by atoms with Gasteiger partial charge in [-0.1, -0.05) is 24.3 Å². The summed E-state index contributed by atoms with van der Waals surface area (Å²) in [7, 11) is 0. The largest absolute Gasteiger partial charge is 0.342 e. The molecule has 0 radical (unpaired) electrons. The predicted molar refractivity (Wildman–Crippen MR) is 99.8 cm³/mol. The second-order valence-corrected chi connectivity index (χ2v) is 6.41. The van der Waals surface area contributed by atoms with E-state index in [9.17, 15) is 9.59 Å². The molecule has 0 aliphatic carbocycles. The van der Waals surface area contributed by atoms with E-state index in [0.717, 1.165) is 42.7 Å². The SMILES string of the molecule is Cc1cccc(NC(=O)Nc2ccc(CC(=O)N3CCCC3)cc2)c1. The van der Waals surface area contributed by atoms with Gasteiger partial charge in [0.25, 0.3) is 0 Å². The molecule has 130 valence electrons. The number of anilines is 2. The second-order valence-electron chi connectivity index (χ2n) is 6.41. The lowest BCUT2D eigenvalue weighted by Crippen LogP contribution is -2.29. The topological polar surface area (TPSA) is 61.4 Å². The maximum absolute atomic E-state index is 12.2. The number of urea groups is 1. The number of hydrogen-bond acceptors (Lipinski definition) is 2. The third-order valence-electron chi connectivity index (χ3n) is 4.30. The van der Waals surface area contributed by atoms with E-state index < -0.39 is 0 Å². The van der Waals surface area contributed by atoms with Crippen LogP contribution in [-0.2, 0) is 11.2 Å². The second kappa shape index (κ2) is 7.83. The number of nitrogens with zero attached hydrogens (tertiary/aromatic N) is 1. The Hall–Kier alpha value is -2.82. The van der Waals surface area contributed by atoms with Crippen molar-refractivity contribution in [2.24, 2.45) is 0 Å². The molecule has 0 bridgehead atoms. The van der Waals surface area contributed by atoms with Crippen LogP contribution in [-0.4, -0.2) is 29.9 Å². The molecule has 1 aliphatic rings. The van der Waals surface area contributed by atoms with Gasteiger partial charge in [0, 0.05) is 24.5 Å². The van der Waals surface area contributed by atoms with Gasteiger partial charge in [-0.25, -0.2) is 4.79 Å². The zero-order chi connectivity index (χ0) is 17.6. The molecule has 2 aromatic carbocycles. The molecule has 2 N–H and O–H groups in total. The lowest BCUT2D eigenvalue weighted by molar-refractivity contribution is -0.129. The van der Waals surface area contributed by atoms with Crippen LogP contribution in [0.1, 0.15) is 24.0 Å². The summed E-state index contributed by atoms with van der Waals surface area (Å²) in [6.45, 7) is 3.72. The number of aryl methyl sites for hydroxylation is 1. The van der Waals surface area contributed by atoms with Gasteiger partial charge in [0.05, 0.1) is 6.42 Å². The fourth-order valence-electron chi connectivity index (χ4n) is 2.98.